The zero-order valence-corrected chi connectivity index (χ0v) is 16.4. The van der Waals surface area contributed by atoms with Crippen molar-refractivity contribution in [3.63, 3.8) is 0 Å². The van der Waals surface area contributed by atoms with Gasteiger partial charge in [0.1, 0.15) is 6.54 Å². The van der Waals surface area contributed by atoms with Crippen LogP contribution in [0.3, 0.4) is 0 Å². The number of carbonyl (C=O) groups is 1. The Bertz CT molecular complexity index is 1080. The van der Waals surface area contributed by atoms with Crippen molar-refractivity contribution in [2.75, 3.05) is 13.1 Å². The lowest BCUT2D eigenvalue weighted by Gasteiger charge is -2.28. The first kappa shape index (κ1) is 19.8. The summed E-state index contributed by atoms with van der Waals surface area (Å²) in [5, 5.41) is 0.969. The van der Waals surface area contributed by atoms with Crippen LogP contribution >= 0.6 is 23.2 Å². The van der Waals surface area contributed by atoms with Crippen molar-refractivity contribution < 1.29 is 18.0 Å². The maximum atomic E-state index is 12.8. The highest BCUT2D eigenvalue weighted by Crippen LogP contribution is 2.38. The van der Waals surface area contributed by atoms with Gasteiger partial charge in [0.05, 0.1) is 16.4 Å². The highest BCUT2D eigenvalue weighted by Gasteiger charge is 2.38. The van der Waals surface area contributed by atoms with Crippen molar-refractivity contribution in [3.05, 3.63) is 64.4 Å². The monoisotopic (exact) mass is 439 g/mol. The molecule has 1 aromatic heterocycles. The van der Waals surface area contributed by atoms with Crippen molar-refractivity contribution in [1.82, 2.24) is 14.5 Å². The van der Waals surface area contributed by atoms with Crippen molar-refractivity contribution >= 4 is 29.1 Å². The van der Waals surface area contributed by atoms with Crippen molar-refractivity contribution in [1.29, 1.82) is 0 Å². The van der Waals surface area contributed by atoms with Crippen molar-refractivity contribution in [2.24, 2.45) is 0 Å². The molecule has 4 nitrogen and oxygen atoms in total. The highest BCUT2D eigenvalue weighted by atomic mass is 35.5. The van der Waals surface area contributed by atoms with Crippen LogP contribution in [-0.4, -0.2) is 39.6 Å². The van der Waals surface area contributed by atoms with Gasteiger partial charge >= 0.3 is 6.18 Å². The lowest BCUT2D eigenvalue weighted by atomic mass is 10.0. The van der Waals surface area contributed by atoms with Crippen LogP contribution < -0.4 is 0 Å². The van der Waals surface area contributed by atoms with E-state index >= 15 is 0 Å². The summed E-state index contributed by atoms with van der Waals surface area (Å²) in [5.41, 5.74) is 2.39. The fourth-order valence-electron chi connectivity index (χ4n) is 3.41. The number of benzene rings is 2. The Morgan fingerprint density at radius 3 is 2.34 bits per heavy atom. The molecule has 2 aromatic carbocycles. The summed E-state index contributed by atoms with van der Waals surface area (Å²) in [4.78, 5) is 17.9. The number of alkyl halides is 3. The number of carbonyl (C=O) groups excluding carboxylic acids is 1. The number of nitrogens with zero attached hydrogens (tertiary/aromatic N) is 3. The van der Waals surface area contributed by atoms with E-state index in [0.29, 0.717) is 27.0 Å². The molecule has 9 heteroatoms. The summed E-state index contributed by atoms with van der Waals surface area (Å²) in [7, 11) is 0. The van der Waals surface area contributed by atoms with E-state index in [1.165, 1.54) is 0 Å². The molecule has 0 bridgehead atoms. The summed E-state index contributed by atoms with van der Waals surface area (Å²) in [6, 6.07) is 14.0. The zero-order valence-electron chi connectivity index (χ0n) is 14.9. The lowest BCUT2D eigenvalue weighted by molar-refractivity contribution is -0.141. The average Bonchev–Trinajstić information content (AvgIpc) is 3.04. The van der Waals surface area contributed by atoms with Crippen LogP contribution in [0.2, 0.25) is 10.0 Å². The van der Waals surface area contributed by atoms with E-state index in [-0.39, 0.29) is 18.9 Å². The van der Waals surface area contributed by atoms with Crippen LogP contribution in [0.4, 0.5) is 13.2 Å². The van der Waals surface area contributed by atoms with E-state index < -0.39 is 18.6 Å². The van der Waals surface area contributed by atoms with Gasteiger partial charge in [-0.25, -0.2) is 4.98 Å². The number of fused-ring (bicyclic) bond motifs is 1. The predicted octanol–water partition coefficient (Wildman–Crippen LogP) is 5.54. The molecule has 29 heavy (non-hydrogen) atoms. The largest absolute Gasteiger partial charge is 0.406 e. The van der Waals surface area contributed by atoms with Crippen LogP contribution in [-0.2, 0) is 6.54 Å². The molecule has 1 aliphatic heterocycles. The molecule has 2 heterocycles. The molecule has 0 saturated carbocycles. The Balaban J connectivity index is 1.89. The van der Waals surface area contributed by atoms with E-state index in [9.17, 15) is 18.0 Å². The summed E-state index contributed by atoms with van der Waals surface area (Å²) < 4.78 is 40.2. The van der Waals surface area contributed by atoms with E-state index in [0.717, 1.165) is 10.5 Å². The molecule has 3 aromatic rings. The van der Waals surface area contributed by atoms with Gasteiger partial charge in [-0.1, -0.05) is 53.5 Å². The molecule has 0 spiro atoms. The molecule has 4 rings (SSSR count). The highest BCUT2D eigenvalue weighted by molar-refractivity contribution is 6.33. The third-order valence-corrected chi connectivity index (χ3v) is 5.24. The van der Waals surface area contributed by atoms with Crippen LogP contribution in [0.5, 0.6) is 0 Å². The first-order valence-electron chi connectivity index (χ1n) is 8.72. The first-order chi connectivity index (χ1) is 13.7. The van der Waals surface area contributed by atoms with Gasteiger partial charge in [0.15, 0.2) is 5.82 Å². The van der Waals surface area contributed by atoms with Gasteiger partial charge in [0.2, 0.25) is 0 Å². The number of imidazole rings is 1. The lowest BCUT2D eigenvalue weighted by Crippen LogP contribution is -2.45. The third kappa shape index (κ3) is 3.84. The zero-order chi connectivity index (χ0) is 20.8. The summed E-state index contributed by atoms with van der Waals surface area (Å²) in [5.74, 6) is -0.803. The number of hydrogen-bond acceptors (Lipinski definition) is 2. The van der Waals surface area contributed by atoms with Crippen molar-refractivity contribution in [2.45, 2.75) is 12.7 Å². The van der Waals surface area contributed by atoms with E-state index in [2.05, 4.69) is 4.98 Å². The Morgan fingerprint density at radius 2 is 1.69 bits per heavy atom. The van der Waals surface area contributed by atoms with Crippen LogP contribution in [0.15, 0.2) is 48.5 Å². The predicted molar refractivity (Wildman–Crippen MR) is 105 cm³/mol. The Kier molecular flexibility index (Phi) is 5.04. The molecule has 0 unspecified atom stereocenters. The van der Waals surface area contributed by atoms with Gasteiger partial charge in [-0.05, 0) is 18.2 Å². The molecule has 1 aliphatic rings. The summed E-state index contributed by atoms with van der Waals surface area (Å²) in [6.07, 6.45) is -4.48. The number of amides is 1. The Labute approximate surface area is 174 Å². The van der Waals surface area contributed by atoms with Crippen LogP contribution in [0.1, 0.15) is 10.6 Å². The SMILES string of the molecule is O=C1c2nc(-c3ccccc3Cl)c(-c3ccc(Cl)cc3)n2CCN1CC(F)(F)F. The maximum Gasteiger partial charge on any atom is 0.406 e. The topological polar surface area (TPSA) is 38.1 Å². The van der Waals surface area contributed by atoms with Crippen LogP contribution in [0, 0.1) is 0 Å². The Hall–Kier alpha value is -2.51. The molecule has 0 aliphatic carbocycles. The minimum absolute atomic E-state index is 0.0413. The number of halogens is 5. The molecular formula is C20H14Cl2F3N3O. The number of aromatic nitrogens is 2. The molecule has 0 N–H and O–H groups in total. The van der Waals surface area contributed by atoms with E-state index in [1.54, 1.807) is 53.1 Å². The van der Waals surface area contributed by atoms with Gasteiger partial charge in [0, 0.05) is 29.2 Å². The van der Waals surface area contributed by atoms with Gasteiger partial charge in [0.25, 0.3) is 5.91 Å². The number of rotatable bonds is 3. The summed E-state index contributed by atoms with van der Waals surface area (Å²) in [6.45, 7) is -1.19. The molecule has 0 fully saturated rings. The minimum atomic E-state index is -4.48. The second-order valence-corrected chi connectivity index (χ2v) is 7.46. The number of hydrogen-bond donors (Lipinski definition) is 0. The van der Waals surface area contributed by atoms with Gasteiger partial charge in [-0.2, -0.15) is 13.2 Å². The fraction of sp³-hybridized carbons (Fsp3) is 0.200. The summed E-state index contributed by atoms with van der Waals surface area (Å²) >= 11 is 12.3. The quantitative estimate of drug-likeness (QED) is 0.537. The standard InChI is InChI=1S/C20H14Cl2F3N3O/c21-13-7-5-12(6-8-13)17-16(14-3-1-2-4-15(14)22)26-18-19(29)27(9-10-28(17)18)11-20(23,24)25/h1-8H,9-11H2. The van der Waals surface area contributed by atoms with Gasteiger partial charge in [-0.15, -0.1) is 0 Å². The van der Waals surface area contributed by atoms with Crippen LogP contribution in [0.25, 0.3) is 22.5 Å². The second kappa shape index (κ2) is 7.39. The molecule has 0 atom stereocenters. The van der Waals surface area contributed by atoms with Gasteiger partial charge < -0.3 is 9.47 Å². The minimum Gasteiger partial charge on any atom is -0.325 e. The second-order valence-electron chi connectivity index (χ2n) is 6.61. The van der Waals surface area contributed by atoms with E-state index in [4.69, 9.17) is 23.2 Å². The van der Waals surface area contributed by atoms with Gasteiger partial charge in [-0.3, -0.25) is 4.79 Å². The molecule has 1 amide bonds. The fourth-order valence-corrected chi connectivity index (χ4v) is 3.76. The van der Waals surface area contributed by atoms with E-state index in [1.807, 2.05) is 0 Å². The smallest absolute Gasteiger partial charge is 0.325 e. The molecule has 150 valence electrons. The Morgan fingerprint density at radius 1 is 1.00 bits per heavy atom. The third-order valence-electron chi connectivity index (χ3n) is 4.66. The molecular weight excluding hydrogens is 426 g/mol. The average molecular weight is 440 g/mol. The molecule has 0 radical (unpaired) electrons. The van der Waals surface area contributed by atoms with Crippen molar-refractivity contribution in [3.8, 4) is 22.5 Å². The molecule has 0 saturated heterocycles. The maximum absolute atomic E-state index is 12.8. The normalized spacial score (nSPS) is 14.2. The first-order valence-corrected chi connectivity index (χ1v) is 9.47.